The molecule has 7 aromatic rings. The van der Waals surface area contributed by atoms with Gasteiger partial charge in [0.1, 0.15) is 5.60 Å². The summed E-state index contributed by atoms with van der Waals surface area (Å²) in [5.41, 5.74) is 18.5. The molecule has 0 aliphatic carbocycles. The first-order chi connectivity index (χ1) is 30.1. The highest BCUT2D eigenvalue weighted by Gasteiger charge is 2.20. The summed E-state index contributed by atoms with van der Waals surface area (Å²) in [7, 11) is 0. The van der Waals surface area contributed by atoms with Crippen LogP contribution in [0.5, 0.6) is 0 Å². The normalized spacial score (nSPS) is 12.2. The summed E-state index contributed by atoms with van der Waals surface area (Å²) >= 11 is 10.9. The third-order valence-corrected chi connectivity index (χ3v) is 12.7. The van der Waals surface area contributed by atoms with Gasteiger partial charge in [0, 0.05) is 66.0 Å². The molecule has 0 saturated heterocycles. The number of hydrogen-bond acceptors (Lipinski definition) is 4. The predicted molar refractivity (Wildman–Crippen MR) is 268 cm³/mol. The fourth-order valence-electron chi connectivity index (χ4n) is 7.84. The van der Waals surface area contributed by atoms with Gasteiger partial charge >= 0.3 is 6.09 Å². The molecule has 5 heterocycles. The number of benzene rings is 4. The molecule has 8 bridgehead atoms. The van der Waals surface area contributed by atoms with Crippen LogP contribution < -0.4 is 5.32 Å². The number of carbonyl (C=O) groups is 1. The molecule has 9 rings (SSSR count). The Balaban J connectivity index is 1.36. The van der Waals surface area contributed by atoms with Crippen molar-refractivity contribution in [3.63, 3.8) is 0 Å². The Kier molecular flexibility index (Phi) is 11.7. The second-order valence-corrected chi connectivity index (χ2v) is 17.9. The van der Waals surface area contributed by atoms with Crippen molar-refractivity contribution in [1.82, 2.24) is 19.9 Å². The molecular formula is C52H42Br3N5O2. The standard InChI is InChI=1S/C52H42Br3N5O2/c1-52(2,3)62-51(61)56-38-18-16-37(17-19-38)50-45-26-24-43(59-45)48(35-12-6-32(29-54)7-13-35)41-22-20-39(57-41)47(34-10-4-31(28-53)5-11-34)40-21-23-42(58-40)49(44-25-27-46(50)60-44)36-14-8-33(30-55)9-15-36/h4-27,57,60H,28-30H2,1-3H3,(H,56,61). The second-order valence-electron chi connectivity index (χ2n) is 16.2. The van der Waals surface area contributed by atoms with Gasteiger partial charge in [-0.1, -0.05) is 133 Å². The number of H-pyrrole nitrogens is 2. The number of ether oxygens (including phenoxy) is 1. The van der Waals surface area contributed by atoms with E-state index in [9.17, 15) is 4.79 Å². The average Bonchev–Trinajstić information content (AvgIpc) is 4.12. The zero-order valence-electron chi connectivity index (χ0n) is 34.3. The number of nitrogens with zero attached hydrogens (tertiary/aromatic N) is 2. The van der Waals surface area contributed by atoms with Crippen LogP contribution in [0.3, 0.4) is 0 Å². The molecule has 7 nitrogen and oxygen atoms in total. The van der Waals surface area contributed by atoms with E-state index >= 15 is 0 Å². The number of nitrogens with one attached hydrogen (secondary N) is 3. The molecule has 0 atom stereocenters. The summed E-state index contributed by atoms with van der Waals surface area (Å²) in [6.07, 6.45) is 7.92. The molecule has 3 N–H and O–H groups in total. The molecule has 0 spiro atoms. The van der Waals surface area contributed by atoms with Crippen molar-refractivity contribution in [1.29, 1.82) is 0 Å². The van der Waals surface area contributed by atoms with E-state index in [1.807, 2.05) is 45.0 Å². The third-order valence-electron chi connectivity index (χ3n) is 10.8. The number of carbonyl (C=O) groups excluding carboxylic acids is 1. The van der Waals surface area contributed by atoms with E-state index < -0.39 is 11.7 Å². The van der Waals surface area contributed by atoms with Crippen LogP contribution in [-0.4, -0.2) is 31.6 Å². The molecule has 62 heavy (non-hydrogen) atoms. The quantitative estimate of drug-likeness (QED) is 0.132. The first-order valence-electron chi connectivity index (χ1n) is 20.3. The molecule has 2 aliphatic rings. The summed E-state index contributed by atoms with van der Waals surface area (Å²) < 4.78 is 5.53. The van der Waals surface area contributed by atoms with Gasteiger partial charge in [-0.15, -0.1) is 0 Å². The summed E-state index contributed by atoms with van der Waals surface area (Å²) in [6, 6.07) is 42.2. The zero-order valence-corrected chi connectivity index (χ0v) is 39.1. The molecule has 1 amide bonds. The second kappa shape index (κ2) is 17.5. The van der Waals surface area contributed by atoms with Crippen molar-refractivity contribution in [2.24, 2.45) is 0 Å². The van der Waals surface area contributed by atoms with Crippen molar-refractivity contribution < 1.29 is 9.53 Å². The number of amides is 1. The maximum Gasteiger partial charge on any atom is 0.412 e. The van der Waals surface area contributed by atoms with Gasteiger partial charge in [-0.3, -0.25) is 5.32 Å². The maximum absolute atomic E-state index is 12.7. The van der Waals surface area contributed by atoms with E-state index in [0.717, 1.165) is 105 Å². The number of fused-ring (bicyclic) bond motifs is 8. The minimum atomic E-state index is -0.616. The minimum Gasteiger partial charge on any atom is -0.444 e. The van der Waals surface area contributed by atoms with Crippen molar-refractivity contribution in [3.8, 4) is 44.5 Å². The highest BCUT2D eigenvalue weighted by molar-refractivity contribution is 9.09. The highest BCUT2D eigenvalue weighted by Crippen LogP contribution is 2.39. The Morgan fingerprint density at radius 2 is 0.774 bits per heavy atom. The van der Waals surface area contributed by atoms with Crippen molar-refractivity contribution >= 4 is 106 Å². The number of halogens is 3. The third kappa shape index (κ3) is 8.64. The summed E-state index contributed by atoms with van der Waals surface area (Å²) in [5, 5.41) is 5.17. The lowest BCUT2D eigenvalue weighted by Gasteiger charge is -2.19. The smallest absolute Gasteiger partial charge is 0.412 e. The van der Waals surface area contributed by atoms with Gasteiger partial charge in [0.05, 0.1) is 22.8 Å². The molecule has 0 saturated carbocycles. The van der Waals surface area contributed by atoms with Crippen LogP contribution in [0, 0.1) is 0 Å². The number of aromatic amines is 2. The molecule has 308 valence electrons. The summed E-state index contributed by atoms with van der Waals surface area (Å²) in [4.78, 5) is 31.2. The number of anilines is 1. The molecule has 4 aromatic carbocycles. The lowest BCUT2D eigenvalue weighted by molar-refractivity contribution is 0.0636. The topological polar surface area (TPSA) is 95.7 Å². The molecule has 10 heteroatoms. The Morgan fingerprint density at radius 1 is 0.484 bits per heavy atom. The summed E-state index contributed by atoms with van der Waals surface area (Å²) in [6.45, 7) is 5.54. The molecule has 0 unspecified atom stereocenters. The Hall–Kier alpha value is -5.81. The van der Waals surface area contributed by atoms with Gasteiger partial charge in [-0.2, -0.15) is 0 Å². The van der Waals surface area contributed by atoms with E-state index in [-0.39, 0.29) is 0 Å². The fourth-order valence-corrected chi connectivity index (χ4v) is 8.96. The number of rotatable bonds is 8. The van der Waals surface area contributed by atoms with Crippen molar-refractivity contribution in [2.45, 2.75) is 42.4 Å². The molecule has 0 fully saturated rings. The van der Waals surface area contributed by atoms with Gasteiger partial charge in [0.15, 0.2) is 0 Å². The summed E-state index contributed by atoms with van der Waals surface area (Å²) in [5.74, 6) is 0. The lowest BCUT2D eigenvalue weighted by Crippen LogP contribution is -2.27. The maximum atomic E-state index is 12.7. The van der Waals surface area contributed by atoms with Gasteiger partial charge in [-0.25, -0.2) is 14.8 Å². The molecule has 3 aromatic heterocycles. The first kappa shape index (κ1) is 41.5. The van der Waals surface area contributed by atoms with E-state index in [2.05, 4.69) is 184 Å². The van der Waals surface area contributed by atoms with Gasteiger partial charge in [0.25, 0.3) is 0 Å². The lowest BCUT2D eigenvalue weighted by atomic mass is 10.0. The van der Waals surface area contributed by atoms with Gasteiger partial charge < -0.3 is 14.7 Å². The number of aromatic nitrogens is 4. The minimum absolute atomic E-state index is 0.507. The predicted octanol–water partition coefficient (Wildman–Crippen LogP) is 15.4. The average molecular weight is 1010 g/mol. The van der Waals surface area contributed by atoms with E-state index in [0.29, 0.717) is 5.69 Å². The highest BCUT2D eigenvalue weighted by atomic mass is 79.9. The SMILES string of the molecule is CC(C)(C)OC(=O)Nc1ccc(-c2c3nc(c(-c4ccc(CBr)cc4)c4ccc([nH]4)c(-c4ccc(CBr)cc4)c4nc(c(-c5ccc(CBr)cc5)c5ccc2[nH]5)C=C4)C=C3)cc1. The van der Waals surface area contributed by atoms with Crippen LogP contribution in [0.15, 0.2) is 121 Å². The van der Waals surface area contributed by atoms with Crippen molar-refractivity contribution in [3.05, 3.63) is 161 Å². The van der Waals surface area contributed by atoms with Crippen LogP contribution >= 0.6 is 47.8 Å². The van der Waals surface area contributed by atoms with Crippen molar-refractivity contribution in [2.75, 3.05) is 5.32 Å². The van der Waals surface area contributed by atoms with E-state index in [1.165, 1.54) is 16.7 Å². The fraction of sp³-hybridized carbons (Fsp3) is 0.135. The van der Waals surface area contributed by atoms with Crippen LogP contribution in [0.2, 0.25) is 0 Å². The van der Waals surface area contributed by atoms with E-state index in [1.54, 1.807) is 0 Å². The van der Waals surface area contributed by atoms with Gasteiger partial charge in [-0.05, 0) is 120 Å². The van der Waals surface area contributed by atoms with Crippen LogP contribution in [0.25, 0.3) is 90.9 Å². The first-order valence-corrected chi connectivity index (χ1v) is 23.7. The molecular weight excluding hydrogens is 966 g/mol. The zero-order chi connectivity index (χ0) is 43.0. The largest absolute Gasteiger partial charge is 0.444 e. The molecule has 0 radical (unpaired) electrons. The Morgan fingerprint density at radius 3 is 1.05 bits per heavy atom. The number of hydrogen-bond donors (Lipinski definition) is 3. The van der Waals surface area contributed by atoms with Crippen LogP contribution in [0.4, 0.5) is 10.5 Å². The van der Waals surface area contributed by atoms with Gasteiger partial charge in [0.2, 0.25) is 0 Å². The molecule has 2 aliphatic heterocycles. The van der Waals surface area contributed by atoms with Crippen LogP contribution in [-0.2, 0) is 20.7 Å². The van der Waals surface area contributed by atoms with E-state index in [4.69, 9.17) is 14.7 Å². The number of alkyl halides is 3. The Bertz CT molecular complexity index is 3000. The monoisotopic (exact) mass is 1010 g/mol. The van der Waals surface area contributed by atoms with Crippen LogP contribution in [0.1, 0.15) is 60.2 Å². The Labute approximate surface area is 385 Å².